The Kier molecular flexibility index (Phi) is 3.62. The van der Waals surface area contributed by atoms with E-state index in [2.05, 4.69) is 35.3 Å². The zero-order valence-electron chi connectivity index (χ0n) is 12.9. The van der Waals surface area contributed by atoms with Gasteiger partial charge < -0.3 is 14.4 Å². The molecule has 114 valence electrons. The molecule has 1 aromatic heterocycles. The molecule has 0 bridgehead atoms. The Bertz CT molecular complexity index is 848. The number of aliphatic hydroxyl groups is 1. The number of ether oxygens (including phenoxy) is 1. The second kappa shape index (κ2) is 5.46. The summed E-state index contributed by atoms with van der Waals surface area (Å²) in [5.41, 5.74) is 2.79. The van der Waals surface area contributed by atoms with Crippen molar-refractivity contribution in [3.63, 3.8) is 0 Å². The van der Waals surface area contributed by atoms with Crippen molar-refractivity contribution < 1.29 is 14.6 Å². The predicted molar refractivity (Wildman–Crippen MR) is 86.8 cm³/mol. The van der Waals surface area contributed by atoms with Gasteiger partial charge in [-0.3, -0.25) is 0 Å². The second-order valence-corrected chi connectivity index (χ2v) is 5.68. The van der Waals surface area contributed by atoms with Gasteiger partial charge in [-0.2, -0.15) is 0 Å². The Morgan fingerprint density at radius 3 is 2.45 bits per heavy atom. The van der Waals surface area contributed by atoms with E-state index >= 15 is 0 Å². The highest BCUT2D eigenvalue weighted by molar-refractivity contribution is 6.08. The molecular formula is C18H19NO3. The molecule has 0 radical (unpaired) electrons. The monoisotopic (exact) mass is 297 g/mol. The molecule has 0 saturated heterocycles. The Morgan fingerprint density at radius 2 is 1.77 bits per heavy atom. The lowest BCUT2D eigenvalue weighted by molar-refractivity contribution is -0.150. The smallest absolute Gasteiger partial charge is 0.339 e. The van der Waals surface area contributed by atoms with Gasteiger partial charge >= 0.3 is 5.97 Å². The van der Waals surface area contributed by atoms with E-state index < -0.39 is 12.1 Å². The largest absolute Gasteiger partial charge is 0.467 e. The van der Waals surface area contributed by atoms with Crippen molar-refractivity contribution in [2.24, 2.45) is 0 Å². The molecule has 0 aliphatic rings. The number of carbonyl (C=O) groups is 1. The molecule has 0 saturated carbocycles. The first-order chi connectivity index (χ1) is 10.5. The van der Waals surface area contributed by atoms with Gasteiger partial charge in [0.05, 0.1) is 7.11 Å². The van der Waals surface area contributed by atoms with Crippen LogP contribution in [-0.2, 0) is 9.53 Å². The van der Waals surface area contributed by atoms with E-state index in [0.29, 0.717) is 11.6 Å². The Hall–Kier alpha value is -2.33. The lowest BCUT2D eigenvalue weighted by Gasteiger charge is -2.12. The fourth-order valence-electron chi connectivity index (χ4n) is 2.99. The molecule has 3 aromatic rings. The normalized spacial score (nSPS) is 13.0. The standard InChI is InChI=1S/C18H19NO3/c1-11(2)19-15-7-5-4-6-13(15)14-10-12(8-9-16(14)19)17(20)18(21)22-3/h4-11,17,20H,1-3H3. The third-order valence-corrected chi connectivity index (χ3v) is 3.99. The summed E-state index contributed by atoms with van der Waals surface area (Å²) in [5.74, 6) is -0.646. The van der Waals surface area contributed by atoms with E-state index in [1.165, 1.54) is 7.11 Å². The highest BCUT2D eigenvalue weighted by Gasteiger charge is 2.20. The molecule has 3 rings (SSSR count). The number of benzene rings is 2. The molecule has 1 unspecified atom stereocenters. The number of aromatic nitrogens is 1. The maximum absolute atomic E-state index is 11.5. The van der Waals surface area contributed by atoms with Crippen LogP contribution in [0.4, 0.5) is 0 Å². The van der Waals surface area contributed by atoms with Crippen molar-refractivity contribution >= 4 is 27.8 Å². The fraction of sp³-hybridized carbons (Fsp3) is 0.278. The van der Waals surface area contributed by atoms with E-state index in [9.17, 15) is 9.90 Å². The van der Waals surface area contributed by atoms with Crippen molar-refractivity contribution in [3.05, 3.63) is 48.0 Å². The minimum absolute atomic E-state index is 0.318. The average molecular weight is 297 g/mol. The first-order valence-corrected chi connectivity index (χ1v) is 7.33. The van der Waals surface area contributed by atoms with Gasteiger partial charge in [0.2, 0.25) is 0 Å². The summed E-state index contributed by atoms with van der Waals surface area (Å²) in [6.07, 6.45) is -1.25. The van der Waals surface area contributed by atoms with Crippen molar-refractivity contribution in [2.75, 3.05) is 7.11 Å². The van der Waals surface area contributed by atoms with Crippen LogP contribution in [0.3, 0.4) is 0 Å². The number of rotatable bonds is 3. The van der Waals surface area contributed by atoms with Gasteiger partial charge in [-0.05, 0) is 37.6 Å². The molecular weight excluding hydrogens is 278 g/mol. The van der Waals surface area contributed by atoms with Crippen LogP contribution in [-0.4, -0.2) is 22.8 Å². The van der Waals surface area contributed by atoms with Crippen LogP contribution in [0.1, 0.15) is 31.6 Å². The van der Waals surface area contributed by atoms with Crippen LogP contribution in [0, 0.1) is 0 Å². The minimum Gasteiger partial charge on any atom is -0.467 e. The lowest BCUT2D eigenvalue weighted by atomic mass is 10.1. The molecule has 1 N–H and O–H groups in total. The number of hydrogen-bond acceptors (Lipinski definition) is 3. The van der Waals surface area contributed by atoms with Crippen molar-refractivity contribution in [1.29, 1.82) is 0 Å². The number of nitrogens with zero attached hydrogens (tertiary/aromatic N) is 1. The summed E-state index contributed by atoms with van der Waals surface area (Å²) in [6, 6.07) is 14.1. The van der Waals surface area contributed by atoms with E-state index in [1.54, 1.807) is 6.07 Å². The topological polar surface area (TPSA) is 51.5 Å². The summed E-state index contributed by atoms with van der Waals surface area (Å²) < 4.78 is 6.88. The molecule has 4 heteroatoms. The van der Waals surface area contributed by atoms with Crippen LogP contribution < -0.4 is 0 Å². The average Bonchev–Trinajstić information content (AvgIpc) is 2.87. The minimum atomic E-state index is -1.25. The zero-order valence-corrected chi connectivity index (χ0v) is 12.9. The number of para-hydroxylation sites is 1. The van der Waals surface area contributed by atoms with Gasteiger partial charge in [0, 0.05) is 27.8 Å². The predicted octanol–water partition coefficient (Wildman–Crippen LogP) is 3.58. The number of methoxy groups -OCH3 is 1. The second-order valence-electron chi connectivity index (χ2n) is 5.68. The Labute approximate surface area is 128 Å². The first-order valence-electron chi connectivity index (χ1n) is 7.33. The van der Waals surface area contributed by atoms with Crippen LogP contribution >= 0.6 is 0 Å². The van der Waals surface area contributed by atoms with Gasteiger partial charge in [0.1, 0.15) is 0 Å². The maximum atomic E-state index is 11.5. The molecule has 0 aliphatic carbocycles. The molecule has 1 atom stereocenters. The highest BCUT2D eigenvalue weighted by Crippen LogP contribution is 2.33. The molecule has 0 spiro atoms. The Morgan fingerprint density at radius 1 is 1.09 bits per heavy atom. The summed E-state index contributed by atoms with van der Waals surface area (Å²) in [6.45, 7) is 4.28. The van der Waals surface area contributed by atoms with E-state index in [1.807, 2.05) is 24.3 Å². The summed E-state index contributed by atoms with van der Waals surface area (Å²) in [4.78, 5) is 11.5. The summed E-state index contributed by atoms with van der Waals surface area (Å²) >= 11 is 0. The van der Waals surface area contributed by atoms with Gasteiger partial charge in [-0.15, -0.1) is 0 Å². The zero-order chi connectivity index (χ0) is 15.9. The van der Waals surface area contributed by atoms with Crippen LogP contribution in [0.25, 0.3) is 21.8 Å². The number of aliphatic hydroxyl groups excluding tert-OH is 1. The lowest BCUT2D eigenvalue weighted by Crippen LogP contribution is -2.13. The molecule has 4 nitrogen and oxygen atoms in total. The van der Waals surface area contributed by atoms with E-state index in [0.717, 1.165) is 21.8 Å². The highest BCUT2D eigenvalue weighted by atomic mass is 16.5. The van der Waals surface area contributed by atoms with Gasteiger partial charge in [-0.25, -0.2) is 4.79 Å². The molecule has 2 aromatic carbocycles. The van der Waals surface area contributed by atoms with Crippen molar-refractivity contribution in [3.8, 4) is 0 Å². The maximum Gasteiger partial charge on any atom is 0.339 e. The van der Waals surface area contributed by atoms with Crippen LogP contribution in [0.2, 0.25) is 0 Å². The molecule has 0 fully saturated rings. The summed E-state index contributed by atoms with van der Waals surface area (Å²) in [5, 5.41) is 12.2. The third kappa shape index (κ3) is 2.16. The van der Waals surface area contributed by atoms with Gasteiger partial charge in [-0.1, -0.05) is 24.3 Å². The van der Waals surface area contributed by atoms with E-state index in [-0.39, 0.29) is 0 Å². The summed E-state index contributed by atoms with van der Waals surface area (Å²) in [7, 11) is 1.27. The van der Waals surface area contributed by atoms with Crippen LogP contribution in [0.5, 0.6) is 0 Å². The van der Waals surface area contributed by atoms with Gasteiger partial charge in [0.15, 0.2) is 6.10 Å². The van der Waals surface area contributed by atoms with Crippen LogP contribution in [0.15, 0.2) is 42.5 Å². The number of hydrogen-bond donors (Lipinski definition) is 1. The molecule has 0 amide bonds. The molecule has 22 heavy (non-hydrogen) atoms. The number of fused-ring (bicyclic) bond motifs is 3. The number of esters is 1. The first kappa shape index (κ1) is 14.6. The van der Waals surface area contributed by atoms with Crippen molar-refractivity contribution in [2.45, 2.75) is 26.0 Å². The Balaban J connectivity index is 2.29. The van der Waals surface area contributed by atoms with E-state index in [4.69, 9.17) is 0 Å². The van der Waals surface area contributed by atoms with Crippen molar-refractivity contribution in [1.82, 2.24) is 4.57 Å². The fourth-order valence-corrected chi connectivity index (χ4v) is 2.99. The third-order valence-electron chi connectivity index (χ3n) is 3.99. The number of carbonyl (C=O) groups excluding carboxylic acids is 1. The SMILES string of the molecule is COC(=O)C(O)c1ccc2c(c1)c1ccccc1n2C(C)C. The molecule has 1 heterocycles. The molecule has 0 aliphatic heterocycles. The van der Waals surface area contributed by atoms with Gasteiger partial charge in [0.25, 0.3) is 0 Å². The quantitative estimate of drug-likeness (QED) is 0.752.